The molecule has 7 nitrogen and oxygen atoms in total. The third-order valence-electron chi connectivity index (χ3n) is 7.69. The van der Waals surface area contributed by atoms with Gasteiger partial charge in [0.15, 0.2) is 0 Å². The molecule has 3 aliphatic rings. The predicted molar refractivity (Wildman–Crippen MR) is 144 cm³/mol. The Labute approximate surface area is 225 Å². The number of nitrogens with zero attached hydrogens (tertiary/aromatic N) is 3. The van der Waals surface area contributed by atoms with Crippen molar-refractivity contribution < 1.29 is 14.3 Å². The highest BCUT2D eigenvalue weighted by Crippen LogP contribution is 2.57. The lowest BCUT2D eigenvalue weighted by Gasteiger charge is -2.34. The lowest BCUT2D eigenvalue weighted by Crippen LogP contribution is -2.50. The summed E-state index contributed by atoms with van der Waals surface area (Å²) in [6.07, 6.45) is 3.12. The van der Waals surface area contributed by atoms with Gasteiger partial charge in [-0.2, -0.15) is 0 Å². The van der Waals surface area contributed by atoms with Gasteiger partial charge in [-0.3, -0.25) is 4.79 Å². The monoisotopic (exact) mass is 538 g/mol. The number of carbonyl (C=O) groups excluding carboxylic acids is 2. The fourth-order valence-electron chi connectivity index (χ4n) is 5.80. The van der Waals surface area contributed by atoms with Crippen LogP contribution < -0.4 is 5.32 Å². The number of aromatic nitrogens is 2. The fraction of sp³-hybridized carbons (Fsp3) is 0.500. The number of thiophene rings is 1. The van der Waals surface area contributed by atoms with Gasteiger partial charge in [0.05, 0.1) is 17.3 Å². The molecule has 2 aromatic heterocycles. The van der Waals surface area contributed by atoms with Crippen LogP contribution in [0.1, 0.15) is 85.7 Å². The van der Waals surface area contributed by atoms with Crippen LogP contribution in [0.4, 0.5) is 4.79 Å². The van der Waals surface area contributed by atoms with E-state index in [1.54, 1.807) is 22.3 Å². The number of aryl methyl sites for hydroxylation is 1. The molecule has 9 heteroatoms. The Bertz CT molecular complexity index is 1420. The van der Waals surface area contributed by atoms with Crippen LogP contribution in [0.25, 0.3) is 10.2 Å². The van der Waals surface area contributed by atoms with E-state index < -0.39 is 5.60 Å². The zero-order valence-corrected chi connectivity index (χ0v) is 23.1. The van der Waals surface area contributed by atoms with Crippen molar-refractivity contribution in [2.45, 2.75) is 82.4 Å². The molecule has 6 rings (SSSR count). The lowest BCUT2D eigenvalue weighted by molar-refractivity contribution is 0.0172. The molecule has 1 N–H and O–H groups in total. The van der Waals surface area contributed by atoms with Crippen molar-refractivity contribution in [1.82, 2.24) is 20.2 Å². The van der Waals surface area contributed by atoms with E-state index in [0.29, 0.717) is 23.0 Å². The van der Waals surface area contributed by atoms with Gasteiger partial charge in [-0.15, -0.1) is 11.3 Å². The van der Waals surface area contributed by atoms with Crippen molar-refractivity contribution in [3.8, 4) is 0 Å². The van der Waals surface area contributed by atoms with Crippen LogP contribution in [0.15, 0.2) is 29.6 Å². The summed E-state index contributed by atoms with van der Waals surface area (Å²) >= 11 is 8.36. The summed E-state index contributed by atoms with van der Waals surface area (Å²) in [6.45, 7) is 8.19. The SMILES string of the molecule is Cc1nc(C2CC2c2ccc(C(=O)NC34CCCN(C(=O)OC(C)(C)C)C3C4)cc2Cl)c2ccsc2n1. The van der Waals surface area contributed by atoms with Crippen molar-refractivity contribution in [1.29, 1.82) is 0 Å². The van der Waals surface area contributed by atoms with E-state index in [1.807, 2.05) is 39.8 Å². The molecule has 0 bridgehead atoms. The minimum absolute atomic E-state index is 0.0210. The number of likely N-dealkylation sites (tertiary alicyclic amines) is 1. The van der Waals surface area contributed by atoms with Gasteiger partial charge in [0.2, 0.25) is 0 Å². The van der Waals surface area contributed by atoms with Gasteiger partial charge in [-0.25, -0.2) is 14.8 Å². The molecule has 3 fully saturated rings. The molecule has 0 spiro atoms. The fourth-order valence-corrected chi connectivity index (χ4v) is 6.94. The van der Waals surface area contributed by atoms with Crippen molar-refractivity contribution >= 4 is 45.2 Å². The minimum atomic E-state index is -0.545. The molecule has 2 amide bonds. The van der Waals surface area contributed by atoms with Gasteiger partial charge in [0.25, 0.3) is 5.91 Å². The first-order chi connectivity index (χ1) is 17.5. The van der Waals surface area contributed by atoms with E-state index in [2.05, 4.69) is 21.7 Å². The maximum Gasteiger partial charge on any atom is 0.410 e. The summed E-state index contributed by atoms with van der Waals surface area (Å²) in [5.41, 5.74) is 1.77. The summed E-state index contributed by atoms with van der Waals surface area (Å²) < 4.78 is 5.58. The number of halogens is 1. The molecular formula is C28H31ClN4O3S. The molecule has 37 heavy (non-hydrogen) atoms. The van der Waals surface area contributed by atoms with Gasteiger partial charge < -0.3 is 15.0 Å². The van der Waals surface area contributed by atoms with Gasteiger partial charge in [0, 0.05) is 28.4 Å². The first-order valence-corrected chi connectivity index (χ1v) is 14.1. The molecule has 4 unspecified atom stereocenters. The second kappa shape index (κ2) is 8.67. The summed E-state index contributed by atoms with van der Waals surface area (Å²) in [5.74, 6) is 1.23. The second-order valence-corrected chi connectivity index (χ2v) is 12.9. The first-order valence-electron chi connectivity index (χ1n) is 12.9. The molecule has 3 aromatic rings. The number of rotatable bonds is 4. The topological polar surface area (TPSA) is 84.4 Å². The number of amides is 2. The average Bonchev–Trinajstić information content (AvgIpc) is 3.70. The molecular weight excluding hydrogens is 508 g/mol. The highest BCUT2D eigenvalue weighted by atomic mass is 35.5. The van der Waals surface area contributed by atoms with Crippen molar-refractivity contribution in [3.05, 3.63) is 57.3 Å². The lowest BCUT2D eigenvalue weighted by atomic mass is 10.0. The van der Waals surface area contributed by atoms with Crippen LogP contribution >= 0.6 is 22.9 Å². The Morgan fingerprint density at radius 2 is 2.03 bits per heavy atom. The quantitative estimate of drug-likeness (QED) is 0.428. The summed E-state index contributed by atoms with van der Waals surface area (Å²) in [6, 6.07) is 7.69. The number of fused-ring (bicyclic) bond motifs is 2. The normalized spacial score (nSPS) is 26.5. The Morgan fingerprint density at radius 1 is 1.22 bits per heavy atom. The Kier molecular flexibility index (Phi) is 5.77. The van der Waals surface area contributed by atoms with Crippen LogP contribution in [-0.2, 0) is 4.74 Å². The van der Waals surface area contributed by atoms with E-state index in [0.717, 1.165) is 53.0 Å². The van der Waals surface area contributed by atoms with Gasteiger partial charge in [-0.1, -0.05) is 17.7 Å². The largest absolute Gasteiger partial charge is 0.444 e. The predicted octanol–water partition coefficient (Wildman–Crippen LogP) is 6.20. The standard InChI is InChI=1S/C28H31ClN4O3S/c1-15-30-23(18-8-11-37-25(18)31-15)20-13-19(20)17-7-6-16(12-21(17)29)24(34)32-28-9-5-10-33(22(28)14-28)26(35)36-27(2,3)4/h6-8,11-12,19-20,22H,5,9-10,13-14H2,1-4H3,(H,32,34). The zero-order valence-electron chi connectivity index (χ0n) is 21.5. The maximum absolute atomic E-state index is 13.2. The molecule has 0 radical (unpaired) electrons. The van der Waals surface area contributed by atoms with Crippen LogP contribution in [0.3, 0.4) is 0 Å². The van der Waals surface area contributed by atoms with Gasteiger partial charge >= 0.3 is 6.09 Å². The van der Waals surface area contributed by atoms with Crippen LogP contribution in [-0.4, -0.2) is 50.6 Å². The number of piperidine rings is 1. The third-order valence-corrected chi connectivity index (χ3v) is 8.83. The molecule has 2 aliphatic carbocycles. The van der Waals surface area contributed by atoms with E-state index in [1.165, 1.54) is 0 Å². The van der Waals surface area contributed by atoms with Crippen molar-refractivity contribution in [2.24, 2.45) is 0 Å². The number of ether oxygens (including phenoxy) is 1. The zero-order chi connectivity index (χ0) is 26.1. The van der Waals surface area contributed by atoms with Gasteiger partial charge in [-0.05, 0) is 88.4 Å². The molecule has 2 saturated carbocycles. The number of benzene rings is 1. The number of nitrogens with one attached hydrogen (secondary N) is 1. The Morgan fingerprint density at radius 3 is 2.78 bits per heavy atom. The average molecular weight is 539 g/mol. The Balaban J connectivity index is 1.14. The van der Waals surface area contributed by atoms with E-state index in [-0.39, 0.29) is 29.5 Å². The maximum atomic E-state index is 13.2. The summed E-state index contributed by atoms with van der Waals surface area (Å²) in [5, 5.41) is 7.01. The molecule has 1 saturated heterocycles. The molecule has 1 aliphatic heterocycles. The van der Waals surface area contributed by atoms with Crippen LogP contribution in [0.5, 0.6) is 0 Å². The first kappa shape index (κ1) is 24.6. The smallest absolute Gasteiger partial charge is 0.410 e. The van der Waals surface area contributed by atoms with E-state index in [4.69, 9.17) is 21.3 Å². The minimum Gasteiger partial charge on any atom is -0.444 e. The molecule has 3 heterocycles. The number of hydrogen-bond acceptors (Lipinski definition) is 6. The molecule has 1 aromatic carbocycles. The third kappa shape index (κ3) is 4.59. The Hall–Kier alpha value is -2.71. The van der Waals surface area contributed by atoms with Crippen LogP contribution in [0, 0.1) is 6.92 Å². The highest BCUT2D eigenvalue weighted by Gasteiger charge is 2.61. The second-order valence-electron chi connectivity index (χ2n) is 11.6. The van der Waals surface area contributed by atoms with E-state index in [9.17, 15) is 9.59 Å². The van der Waals surface area contributed by atoms with Crippen LogP contribution in [0.2, 0.25) is 5.02 Å². The number of carbonyl (C=O) groups is 2. The molecule has 4 atom stereocenters. The van der Waals surface area contributed by atoms with Gasteiger partial charge in [0.1, 0.15) is 16.3 Å². The van der Waals surface area contributed by atoms with Crippen molar-refractivity contribution in [2.75, 3.05) is 6.54 Å². The van der Waals surface area contributed by atoms with E-state index >= 15 is 0 Å². The highest BCUT2D eigenvalue weighted by molar-refractivity contribution is 7.16. The van der Waals surface area contributed by atoms with Crippen molar-refractivity contribution in [3.63, 3.8) is 0 Å². The molecule has 194 valence electrons. The number of hydrogen-bond donors (Lipinski definition) is 1. The summed E-state index contributed by atoms with van der Waals surface area (Å²) in [4.78, 5) is 38.0. The summed E-state index contributed by atoms with van der Waals surface area (Å²) in [7, 11) is 0.